The van der Waals surface area contributed by atoms with Crippen LogP contribution in [-0.2, 0) is 11.3 Å². The summed E-state index contributed by atoms with van der Waals surface area (Å²) < 4.78 is 25.6. The summed E-state index contributed by atoms with van der Waals surface area (Å²) in [6, 6.07) is 9.22. The third kappa shape index (κ3) is 5.18. The van der Waals surface area contributed by atoms with Crippen molar-refractivity contribution in [2.45, 2.75) is 64.2 Å². The number of benzene rings is 2. The van der Waals surface area contributed by atoms with Gasteiger partial charge in [-0.25, -0.2) is 4.39 Å². The normalized spacial score (nSPS) is 26.2. The lowest BCUT2D eigenvalue weighted by atomic mass is 9.68. The number of carbonyl (C=O) groups is 1. The van der Waals surface area contributed by atoms with Crippen LogP contribution in [0.3, 0.4) is 0 Å². The monoisotopic (exact) mass is 543 g/mol. The number of nitrogens with zero attached hydrogens (tertiary/aromatic N) is 2. The predicted molar refractivity (Wildman–Crippen MR) is 147 cm³/mol. The summed E-state index contributed by atoms with van der Waals surface area (Å²) in [7, 11) is 4.19. The molecule has 2 aromatic carbocycles. The maximum absolute atomic E-state index is 13.5. The van der Waals surface area contributed by atoms with Crippen molar-refractivity contribution in [2.75, 3.05) is 40.5 Å². The maximum Gasteiger partial charge on any atom is 0.251 e. The quantitative estimate of drug-likeness (QED) is 0.428. The molecule has 2 heterocycles. The number of halogens is 2. The molecule has 0 bridgehead atoms. The van der Waals surface area contributed by atoms with Crippen LogP contribution in [0.1, 0.15) is 52.7 Å². The van der Waals surface area contributed by atoms with Crippen molar-refractivity contribution in [3.63, 3.8) is 0 Å². The van der Waals surface area contributed by atoms with E-state index in [4.69, 9.17) is 21.1 Å². The Balaban J connectivity index is 1.21. The Morgan fingerprint density at radius 2 is 2.03 bits per heavy atom. The highest BCUT2D eigenvalue weighted by Gasteiger charge is 2.67. The highest BCUT2D eigenvalue weighted by Crippen LogP contribution is 2.58. The first kappa shape index (κ1) is 27.4. The molecule has 1 aliphatic carbocycles. The lowest BCUT2D eigenvalue weighted by Crippen LogP contribution is -2.68. The van der Waals surface area contributed by atoms with E-state index >= 15 is 0 Å². The number of rotatable bonds is 10. The molecule has 1 N–H and O–H groups in total. The number of hydrogen-bond donors (Lipinski definition) is 1. The molecule has 2 aliphatic heterocycles. The molecule has 1 saturated carbocycles. The van der Waals surface area contributed by atoms with Gasteiger partial charge in [-0.3, -0.25) is 9.69 Å². The first-order valence-electron chi connectivity index (χ1n) is 13.7. The van der Waals surface area contributed by atoms with Crippen molar-refractivity contribution in [3.05, 3.63) is 63.4 Å². The van der Waals surface area contributed by atoms with E-state index in [2.05, 4.69) is 55.2 Å². The van der Waals surface area contributed by atoms with Gasteiger partial charge in [0.05, 0.1) is 24.8 Å². The molecule has 4 atom stereocenters. The standard InChI is InChI=1S/C30H39ClFN3O3/c1-19-20(2)26(38-12-6-5-11-34(3)4)10-8-22(19)16-35-27-14-23(15-30(27)18-37-17-28(30)35)33-29(36)21-7-9-25(32)24(31)13-21/h7-10,13,23,27-28H,5-6,11-12,14-18H2,1-4H3,(H,33,36). The summed E-state index contributed by atoms with van der Waals surface area (Å²) in [4.78, 5) is 17.6. The molecule has 8 heteroatoms. The Morgan fingerprint density at radius 3 is 2.79 bits per heavy atom. The lowest BCUT2D eigenvalue weighted by Gasteiger charge is -2.57. The van der Waals surface area contributed by atoms with E-state index in [1.165, 1.54) is 34.9 Å². The van der Waals surface area contributed by atoms with Gasteiger partial charge in [0.2, 0.25) is 0 Å². The van der Waals surface area contributed by atoms with Crippen LogP contribution in [0.5, 0.6) is 5.75 Å². The molecule has 4 unspecified atom stereocenters. The van der Waals surface area contributed by atoms with Crippen molar-refractivity contribution in [3.8, 4) is 5.75 Å². The largest absolute Gasteiger partial charge is 0.493 e. The molecule has 38 heavy (non-hydrogen) atoms. The van der Waals surface area contributed by atoms with E-state index in [-0.39, 0.29) is 22.4 Å². The van der Waals surface area contributed by atoms with E-state index in [0.29, 0.717) is 17.6 Å². The Labute approximate surface area is 230 Å². The fourth-order valence-corrected chi connectivity index (χ4v) is 6.85. The van der Waals surface area contributed by atoms with Crippen molar-refractivity contribution >= 4 is 17.5 Å². The Hall–Kier alpha value is -2.19. The van der Waals surface area contributed by atoms with Crippen molar-refractivity contribution in [1.82, 2.24) is 15.1 Å². The highest BCUT2D eigenvalue weighted by atomic mass is 35.5. The minimum absolute atomic E-state index is 0.0374. The average molecular weight is 544 g/mol. The molecule has 3 aliphatic rings. The van der Waals surface area contributed by atoms with E-state index in [9.17, 15) is 9.18 Å². The van der Waals surface area contributed by atoms with Crippen molar-refractivity contribution < 1.29 is 18.7 Å². The van der Waals surface area contributed by atoms with Crippen LogP contribution in [0.15, 0.2) is 30.3 Å². The Morgan fingerprint density at radius 1 is 1.21 bits per heavy atom. The number of ether oxygens (including phenoxy) is 2. The van der Waals surface area contributed by atoms with Gasteiger partial charge in [-0.2, -0.15) is 0 Å². The van der Waals surface area contributed by atoms with E-state index in [1.807, 2.05) is 0 Å². The second-order valence-corrected chi connectivity index (χ2v) is 11.9. The highest BCUT2D eigenvalue weighted by molar-refractivity contribution is 6.31. The molecular formula is C30H39ClFN3O3. The van der Waals surface area contributed by atoms with Gasteiger partial charge in [-0.15, -0.1) is 0 Å². The number of nitrogens with one attached hydrogen (secondary N) is 1. The lowest BCUT2D eigenvalue weighted by molar-refractivity contribution is -0.0938. The molecule has 5 rings (SSSR count). The van der Waals surface area contributed by atoms with E-state index < -0.39 is 5.82 Å². The summed E-state index contributed by atoms with van der Waals surface area (Å²) >= 11 is 5.89. The fourth-order valence-electron chi connectivity index (χ4n) is 6.67. The van der Waals surface area contributed by atoms with Crippen LogP contribution in [0, 0.1) is 25.1 Å². The molecule has 1 amide bonds. The molecule has 2 saturated heterocycles. The molecule has 206 valence electrons. The molecule has 0 radical (unpaired) electrons. The van der Waals surface area contributed by atoms with Gasteiger partial charge < -0.3 is 19.7 Å². The number of unbranched alkanes of at least 4 members (excludes halogenated alkanes) is 1. The van der Waals surface area contributed by atoms with Gasteiger partial charge >= 0.3 is 0 Å². The second-order valence-electron chi connectivity index (χ2n) is 11.5. The summed E-state index contributed by atoms with van der Waals surface area (Å²) in [5.74, 6) is 0.246. The van der Waals surface area contributed by atoms with Gasteiger partial charge in [0, 0.05) is 35.6 Å². The van der Waals surface area contributed by atoms with Crippen LogP contribution in [0.25, 0.3) is 0 Å². The number of carbonyl (C=O) groups excluding carboxylic acids is 1. The van der Waals surface area contributed by atoms with Gasteiger partial charge in [0.1, 0.15) is 11.6 Å². The summed E-state index contributed by atoms with van der Waals surface area (Å²) in [5.41, 5.74) is 4.28. The predicted octanol–water partition coefficient (Wildman–Crippen LogP) is 4.98. The fraction of sp³-hybridized carbons (Fsp3) is 0.567. The molecule has 6 nitrogen and oxygen atoms in total. The smallest absolute Gasteiger partial charge is 0.251 e. The minimum Gasteiger partial charge on any atom is -0.493 e. The Kier molecular flexibility index (Phi) is 8.01. The zero-order valence-electron chi connectivity index (χ0n) is 22.9. The molecular weight excluding hydrogens is 505 g/mol. The summed E-state index contributed by atoms with van der Waals surface area (Å²) in [6.07, 6.45) is 3.96. The van der Waals surface area contributed by atoms with E-state index in [0.717, 1.165) is 64.3 Å². The third-order valence-electron chi connectivity index (χ3n) is 8.89. The van der Waals surface area contributed by atoms with Gasteiger partial charge in [0.15, 0.2) is 0 Å². The number of hydrogen-bond acceptors (Lipinski definition) is 5. The van der Waals surface area contributed by atoms with Crippen LogP contribution >= 0.6 is 11.6 Å². The van der Waals surface area contributed by atoms with Crippen LogP contribution in [0.4, 0.5) is 4.39 Å². The third-order valence-corrected chi connectivity index (χ3v) is 9.18. The summed E-state index contributed by atoms with van der Waals surface area (Å²) in [5, 5.41) is 3.14. The van der Waals surface area contributed by atoms with Gasteiger partial charge in [0.25, 0.3) is 5.91 Å². The second kappa shape index (κ2) is 11.1. The summed E-state index contributed by atoms with van der Waals surface area (Å²) in [6.45, 7) is 8.49. The first-order valence-corrected chi connectivity index (χ1v) is 14.0. The van der Waals surface area contributed by atoms with Crippen LogP contribution < -0.4 is 10.1 Å². The SMILES string of the molecule is Cc1c(CN2C3COCC34CC(NC(=O)c3ccc(F)c(Cl)c3)CC24)ccc(OCCCCN(C)C)c1C. The number of likely N-dealkylation sites (tertiary alicyclic amines) is 1. The van der Waals surface area contributed by atoms with E-state index in [1.54, 1.807) is 0 Å². The minimum atomic E-state index is -0.521. The zero-order chi connectivity index (χ0) is 27.0. The van der Waals surface area contributed by atoms with Crippen LogP contribution in [-0.4, -0.2) is 74.3 Å². The molecule has 3 fully saturated rings. The molecule has 1 spiro atoms. The van der Waals surface area contributed by atoms with Gasteiger partial charge in [-0.05, 0) is 101 Å². The average Bonchev–Trinajstić information content (AvgIpc) is 3.40. The van der Waals surface area contributed by atoms with Gasteiger partial charge in [-0.1, -0.05) is 17.7 Å². The Bertz CT molecular complexity index is 1190. The number of amides is 1. The van der Waals surface area contributed by atoms with Crippen molar-refractivity contribution in [1.29, 1.82) is 0 Å². The molecule has 0 aromatic heterocycles. The zero-order valence-corrected chi connectivity index (χ0v) is 23.6. The maximum atomic E-state index is 13.5. The molecule has 2 aromatic rings. The topological polar surface area (TPSA) is 54.0 Å². The van der Waals surface area contributed by atoms with Crippen LogP contribution in [0.2, 0.25) is 5.02 Å². The van der Waals surface area contributed by atoms with Crippen molar-refractivity contribution in [2.24, 2.45) is 5.41 Å². The first-order chi connectivity index (χ1) is 18.2.